The third-order valence-corrected chi connectivity index (χ3v) is 3.63. The number of hydrogen-bond acceptors (Lipinski definition) is 5. The predicted octanol–water partition coefficient (Wildman–Crippen LogP) is 3.90. The Morgan fingerprint density at radius 3 is 2.42 bits per heavy atom. The lowest BCUT2D eigenvalue weighted by Crippen LogP contribution is -1.92. The lowest BCUT2D eigenvalue weighted by atomic mass is 10.1. The third-order valence-electron chi connectivity index (χ3n) is 3.63. The first-order valence-corrected chi connectivity index (χ1v) is 7.37. The van der Waals surface area contributed by atoms with Gasteiger partial charge in [0.1, 0.15) is 17.2 Å². The van der Waals surface area contributed by atoms with E-state index >= 15 is 0 Å². The summed E-state index contributed by atoms with van der Waals surface area (Å²) in [5.41, 5.74) is 1.80. The number of para-hydroxylation sites is 2. The molecule has 0 saturated heterocycles. The molecule has 1 heterocycles. The highest BCUT2D eigenvalue weighted by atomic mass is 16.5. The molecule has 0 aliphatic heterocycles. The summed E-state index contributed by atoms with van der Waals surface area (Å²) in [5, 5.41) is 17.4. The van der Waals surface area contributed by atoms with E-state index in [1.165, 1.54) is 6.07 Å². The standard InChI is InChI=1S/C18H18N2O4/c1-11-18(24-16-7-5-4-6-15(16)23-3)17(20-19-11)13-9-8-12(22-2)10-14(13)21/h4-10,21H,1-3H3,(H,19,20). The van der Waals surface area contributed by atoms with Crippen LogP contribution in [0.5, 0.6) is 28.7 Å². The molecule has 24 heavy (non-hydrogen) atoms. The van der Waals surface area contributed by atoms with Crippen molar-refractivity contribution >= 4 is 0 Å². The molecule has 0 atom stereocenters. The highest BCUT2D eigenvalue weighted by molar-refractivity contribution is 5.74. The summed E-state index contributed by atoms with van der Waals surface area (Å²) in [4.78, 5) is 0. The van der Waals surface area contributed by atoms with Crippen molar-refractivity contribution in [1.82, 2.24) is 10.2 Å². The molecule has 124 valence electrons. The number of nitrogens with one attached hydrogen (secondary N) is 1. The van der Waals surface area contributed by atoms with Gasteiger partial charge in [-0.05, 0) is 31.2 Å². The molecule has 3 aromatic rings. The van der Waals surface area contributed by atoms with Crippen molar-refractivity contribution < 1.29 is 19.3 Å². The average Bonchev–Trinajstić information content (AvgIpc) is 2.96. The molecule has 2 N–H and O–H groups in total. The summed E-state index contributed by atoms with van der Waals surface area (Å²) >= 11 is 0. The maximum Gasteiger partial charge on any atom is 0.176 e. The van der Waals surface area contributed by atoms with Crippen molar-refractivity contribution in [2.45, 2.75) is 6.92 Å². The van der Waals surface area contributed by atoms with E-state index < -0.39 is 0 Å². The van der Waals surface area contributed by atoms with Crippen molar-refractivity contribution in [3.05, 3.63) is 48.2 Å². The van der Waals surface area contributed by atoms with Gasteiger partial charge in [0, 0.05) is 11.6 Å². The number of aromatic nitrogens is 2. The normalized spacial score (nSPS) is 10.5. The maximum atomic E-state index is 10.3. The van der Waals surface area contributed by atoms with Crippen LogP contribution in [0.4, 0.5) is 0 Å². The smallest absolute Gasteiger partial charge is 0.176 e. The SMILES string of the molecule is COc1ccc(-c2n[nH]c(C)c2Oc2ccccc2OC)c(O)c1. The van der Waals surface area contributed by atoms with E-state index in [1.807, 2.05) is 31.2 Å². The van der Waals surface area contributed by atoms with Crippen molar-refractivity contribution in [3.63, 3.8) is 0 Å². The van der Waals surface area contributed by atoms with E-state index in [1.54, 1.807) is 26.4 Å². The van der Waals surface area contributed by atoms with Crippen LogP contribution in [0, 0.1) is 6.92 Å². The van der Waals surface area contributed by atoms with Crippen molar-refractivity contribution in [2.24, 2.45) is 0 Å². The molecule has 3 rings (SSSR count). The molecule has 0 radical (unpaired) electrons. The number of aromatic hydroxyl groups is 1. The molecule has 6 nitrogen and oxygen atoms in total. The number of H-pyrrole nitrogens is 1. The second kappa shape index (κ2) is 6.54. The van der Waals surface area contributed by atoms with Gasteiger partial charge in [-0.15, -0.1) is 0 Å². The summed E-state index contributed by atoms with van der Waals surface area (Å²) in [7, 11) is 3.13. The molecule has 2 aromatic carbocycles. The Morgan fingerprint density at radius 2 is 1.75 bits per heavy atom. The number of rotatable bonds is 5. The minimum Gasteiger partial charge on any atom is -0.507 e. The van der Waals surface area contributed by atoms with Gasteiger partial charge in [0.05, 0.1) is 19.9 Å². The minimum atomic E-state index is 0.0609. The minimum absolute atomic E-state index is 0.0609. The van der Waals surface area contributed by atoms with E-state index in [4.69, 9.17) is 14.2 Å². The number of aryl methyl sites for hydroxylation is 1. The Kier molecular flexibility index (Phi) is 4.29. The second-order valence-electron chi connectivity index (χ2n) is 5.16. The van der Waals surface area contributed by atoms with Crippen LogP contribution in [0.25, 0.3) is 11.3 Å². The number of ether oxygens (including phenoxy) is 3. The molecule has 0 saturated carbocycles. The number of phenols is 1. The van der Waals surface area contributed by atoms with Gasteiger partial charge in [-0.2, -0.15) is 5.10 Å². The van der Waals surface area contributed by atoms with Gasteiger partial charge >= 0.3 is 0 Å². The van der Waals surface area contributed by atoms with Gasteiger partial charge in [0.2, 0.25) is 0 Å². The first kappa shape index (κ1) is 15.7. The second-order valence-corrected chi connectivity index (χ2v) is 5.16. The molecule has 1 aromatic heterocycles. The number of methoxy groups -OCH3 is 2. The fourth-order valence-corrected chi connectivity index (χ4v) is 2.38. The number of hydrogen-bond donors (Lipinski definition) is 2. The Morgan fingerprint density at radius 1 is 1.00 bits per heavy atom. The summed E-state index contributed by atoms with van der Waals surface area (Å²) in [5.74, 6) is 2.34. The van der Waals surface area contributed by atoms with Crippen LogP contribution < -0.4 is 14.2 Å². The molecule has 0 bridgehead atoms. The van der Waals surface area contributed by atoms with Crippen molar-refractivity contribution in [3.8, 4) is 40.0 Å². The van der Waals surface area contributed by atoms with E-state index in [9.17, 15) is 5.11 Å². The van der Waals surface area contributed by atoms with Crippen LogP contribution >= 0.6 is 0 Å². The largest absolute Gasteiger partial charge is 0.507 e. The molecular weight excluding hydrogens is 308 g/mol. The van der Waals surface area contributed by atoms with Gasteiger partial charge < -0.3 is 19.3 Å². The monoisotopic (exact) mass is 326 g/mol. The van der Waals surface area contributed by atoms with E-state index in [0.717, 1.165) is 5.69 Å². The van der Waals surface area contributed by atoms with Crippen LogP contribution in [-0.4, -0.2) is 29.5 Å². The van der Waals surface area contributed by atoms with Crippen LogP contribution in [0.3, 0.4) is 0 Å². The van der Waals surface area contributed by atoms with E-state index in [0.29, 0.717) is 34.3 Å². The molecule has 6 heteroatoms. The lowest BCUT2D eigenvalue weighted by Gasteiger charge is -2.11. The van der Waals surface area contributed by atoms with Gasteiger partial charge in [-0.25, -0.2) is 0 Å². The third kappa shape index (κ3) is 2.86. The van der Waals surface area contributed by atoms with Gasteiger partial charge in [-0.3, -0.25) is 5.10 Å². The Hall–Kier alpha value is -3.15. The quantitative estimate of drug-likeness (QED) is 0.743. The summed E-state index contributed by atoms with van der Waals surface area (Å²) in [6.45, 7) is 1.85. The lowest BCUT2D eigenvalue weighted by molar-refractivity contribution is 0.378. The first-order chi connectivity index (χ1) is 11.6. The van der Waals surface area contributed by atoms with Gasteiger partial charge in [0.15, 0.2) is 17.2 Å². The first-order valence-electron chi connectivity index (χ1n) is 7.37. The van der Waals surface area contributed by atoms with E-state index in [2.05, 4.69) is 10.2 Å². The van der Waals surface area contributed by atoms with Crippen LogP contribution in [-0.2, 0) is 0 Å². The number of nitrogens with zero attached hydrogens (tertiary/aromatic N) is 1. The molecule has 0 spiro atoms. The summed E-state index contributed by atoms with van der Waals surface area (Å²) < 4.78 is 16.4. The van der Waals surface area contributed by atoms with Crippen LogP contribution in [0.15, 0.2) is 42.5 Å². The molecule has 0 aliphatic carbocycles. The fraction of sp³-hybridized carbons (Fsp3) is 0.167. The Balaban J connectivity index is 2.03. The molecule has 0 unspecified atom stereocenters. The number of aromatic amines is 1. The average molecular weight is 326 g/mol. The zero-order valence-corrected chi connectivity index (χ0v) is 13.7. The molecule has 0 aliphatic rings. The van der Waals surface area contributed by atoms with Crippen molar-refractivity contribution in [2.75, 3.05) is 14.2 Å². The summed E-state index contributed by atoms with van der Waals surface area (Å²) in [6, 6.07) is 12.4. The van der Waals surface area contributed by atoms with E-state index in [-0.39, 0.29) is 5.75 Å². The number of benzene rings is 2. The maximum absolute atomic E-state index is 10.3. The van der Waals surface area contributed by atoms with Crippen LogP contribution in [0.1, 0.15) is 5.69 Å². The topological polar surface area (TPSA) is 76.6 Å². The Bertz CT molecular complexity index is 858. The molecular formula is C18H18N2O4. The zero-order valence-electron chi connectivity index (χ0n) is 13.7. The highest BCUT2D eigenvalue weighted by Crippen LogP contribution is 2.41. The summed E-state index contributed by atoms with van der Waals surface area (Å²) in [6.07, 6.45) is 0. The molecule has 0 amide bonds. The highest BCUT2D eigenvalue weighted by Gasteiger charge is 2.19. The fourth-order valence-electron chi connectivity index (χ4n) is 2.38. The van der Waals surface area contributed by atoms with Crippen LogP contribution in [0.2, 0.25) is 0 Å². The number of phenolic OH excluding ortho intramolecular Hbond substituents is 1. The van der Waals surface area contributed by atoms with Gasteiger partial charge in [0.25, 0.3) is 0 Å². The van der Waals surface area contributed by atoms with Gasteiger partial charge in [-0.1, -0.05) is 12.1 Å². The molecule has 0 fully saturated rings. The zero-order chi connectivity index (χ0) is 17.1. The predicted molar refractivity (Wildman–Crippen MR) is 90.0 cm³/mol. The van der Waals surface area contributed by atoms with Crippen molar-refractivity contribution in [1.29, 1.82) is 0 Å². The Labute approximate surface area is 139 Å².